The number of hydrogen-bond donors (Lipinski definition) is 3. The fraction of sp³-hybridized carbons (Fsp3) is 0.370. The molecule has 1 atom stereocenters. The summed E-state index contributed by atoms with van der Waals surface area (Å²) in [5.74, 6) is 1.37. The van der Waals surface area contributed by atoms with E-state index in [0.29, 0.717) is 25.1 Å². The summed E-state index contributed by atoms with van der Waals surface area (Å²) < 4.78 is 20.6. The predicted octanol–water partition coefficient (Wildman–Crippen LogP) is 5.09. The van der Waals surface area contributed by atoms with E-state index in [-0.39, 0.29) is 12.5 Å². The largest absolute Gasteiger partial charge is 0.694 e. The number of amides is 1. The third-order valence-electron chi connectivity index (χ3n) is 6.28. The number of benzene rings is 3. The molecule has 1 saturated carbocycles. The number of fused-ring (bicyclic) bond motifs is 1. The summed E-state index contributed by atoms with van der Waals surface area (Å²) in [4.78, 5) is 24.0. The molecule has 1 amide bonds. The van der Waals surface area contributed by atoms with Crippen LogP contribution in [-0.2, 0) is 15.6 Å². The fourth-order valence-corrected chi connectivity index (χ4v) is 4.44. The highest BCUT2D eigenvalue weighted by atomic mass is 31.1. The molecule has 0 aliphatic heterocycles. The Bertz CT molecular complexity index is 1210. The fourth-order valence-electron chi connectivity index (χ4n) is 4.16. The first-order valence-corrected chi connectivity index (χ1v) is 13.3. The highest BCUT2D eigenvalue weighted by Gasteiger charge is 2.24. The van der Waals surface area contributed by atoms with E-state index in [1.54, 1.807) is 7.11 Å². The average Bonchev–Trinajstić information content (AvgIpc) is 3.69. The van der Waals surface area contributed by atoms with Gasteiger partial charge >= 0.3 is 8.25 Å². The van der Waals surface area contributed by atoms with Crippen molar-refractivity contribution in [2.24, 2.45) is 5.92 Å². The van der Waals surface area contributed by atoms with Crippen LogP contribution in [-0.4, -0.2) is 44.7 Å². The molecule has 1 aliphatic rings. The van der Waals surface area contributed by atoms with Crippen LogP contribution in [0.3, 0.4) is 0 Å². The van der Waals surface area contributed by atoms with Gasteiger partial charge in [-0.1, -0.05) is 18.2 Å². The summed E-state index contributed by atoms with van der Waals surface area (Å²) in [5.41, 5.74) is 3.45. The van der Waals surface area contributed by atoms with Crippen molar-refractivity contribution in [2.45, 2.75) is 25.8 Å². The highest BCUT2D eigenvalue weighted by Crippen LogP contribution is 2.35. The number of carbonyl (C=O) groups excluding carboxylic acids is 1. The Labute approximate surface area is 212 Å². The van der Waals surface area contributed by atoms with Crippen LogP contribution in [0.15, 0.2) is 54.6 Å². The number of anilines is 2. The summed E-state index contributed by atoms with van der Waals surface area (Å²) in [6.07, 6.45) is 3.17. The van der Waals surface area contributed by atoms with E-state index in [2.05, 4.69) is 27.1 Å². The van der Waals surface area contributed by atoms with Crippen LogP contribution in [0.25, 0.3) is 10.8 Å². The lowest BCUT2D eigenvalue weighted by Gasteiger charge is -2.22. The maximum atomic E-state index is 13.2. The summed E-state index contributed by atoms with van der Waals surface area (Å²) in [6.45, 7) is 2.54. The Morgan fingerprint density at radius 3 is 2.61 bits per heavy atom. The molecule has 0 saturated heterocycles. The van der Waals surface area contributed by atoms with E-state index in [0.717, 1.165) is 45.9 Å². The molecule has 0 heterocycles. The van der Waals surface area contributed by atoms with E-state index in [1.165, 1.54) is 12.8 Å². The lowest BCUT2D eigenvalue weighted by Crippen LogP contribution is -2.21. The molecule has 3 aromatic rings. The molecule has 1 aliphatic carbocycles. The minimum absolute atomic E-state index is 0.151. The zero-order valence-corrected chi connectivity index (χ0v) is 21.6. The number of rotatable bonds is 13. The molecule has 3 N–H and O–H groups in total. The molecular weight excluding hydrogens is 477 g/mol. The maximum absolute atomic E-state index is 13.2. The van der Waals surface area contributed by atoms with E-state index in [4.69, 9.17) is 9.63 Å². The number of carbonyl (C=O) groups is 1. The molecule has 0 aromatic heterocycles. The number of nitrogens with one attached hydrogen (secondary N) is 2. The van der Waals surface area contributed by atoms with Gasteiger partial charge in [0.1, 0.15) is 12.4 Å². The summed E-state index contributed by atoms with van der Waals surface area (Å²) >= 11 is 0. The molecule has 1 unspecified atom stereocenters. The van der Waals surface area contributed by atoms with Gasteiger partial charge in [-0.2, -0.15) is 0 Å². The van der Waals surface area contributed by atoms with Gasteiger partial charge < -0.3 is 20.3 Å². The second-order valence-electron chi connectivity index (χ2n) is 9.16. The monoisotopic (exact) mass is 510 g/mol. The van der Waals surface area contributed by atoms with Crippen LogP contribution in [0.5, 0.6) is 5.75 Å². The van der Waals surface area contributed by atoms with Crippen molar-refractivity contribution in [3.8, 4) is 5.75 Å². The zero-order valence-electron chi connectivity index (χ0n) is 20.7. The minimum atomic E-state index is -2.53. The van der Waals surface area contributed by atoms with Crippen molar-refractivity contribution in [2.75, 3.05) is 44.1 Å². The molecule has 4 rings (SSSR count). The third kappa shape index (κ3) is 7.24. The van der Waals surface area contributed by atoms with Crippen molar-refractivity contribution >= 4 is 36.3 Å². The molecule has 0 spiro atoms. The maximum Gasteiger partial charge on any atom is 0.694 e. The quantitative estimate of drug-likeness (QED) is 0.217. The highest BCUT2D eigenvalue weighted by molar-refractivity contribution is 7.32. The van der Waals surface area contributed by atoms with Gasteiger partial charge in [-0.3, -0.25) is 4.79 Å². The van der Waals surface area contributed by atoms with Crippen molar-refractivity contribution < 1.29 is 23.5 Å². The van der Waals surface area contributed by atoms with Gasteiger partial charge in [0.05, 0.1) is 7.11 Å². The normalized spacial score (nSPS) is 13.5. The molecule has 0 bridgehead atoms. The second kappa shape index (κ2) is 12.3. The van der Waals surface area contributed by atoms with E-state index in [9.17, 15) is 9.36 Å². The van der Waals surface area contributed by atoms with Gasteiger partial charge in [0.25, 0.3) is 5.91 Å². The number of ether oxygens (including phenoxy) is 1. The standard InChI is InChI=1S/C27H32N3O5P/c1-30(18-20-4-5-20)26-15-22(14-21-8-11-24(34-2)16-25(21)26)27(31)29-23-9-6-19(7-10-23)17-28-12-3-13-35-36(32)33/h6-11,14-16,20,28H,3-5,12-13,17-18H2,1-2H3,(H-,29,31,32,33)/p+1. The Hall–Kier alpha value is -3.03. The van der Waals surface area contributed by atoms with Crippen LogP contribution >= 0.6 is 8.25 Å². The van der Waals surface area contributed by atoms with Crippen LogP contribution in [0, 0.1) is 5.92 Å². The van der Waals surface area contributed by atoms with Crippen molar-refractivity contribution in [3.05, 3.63) is 65.7 Å². The second-order valence-corrected chi connectivity index (χ2v) is 9.89. The number of methoxy groups -OCH3 is 1. The summed E-state index contributed by atoms with van der Waals surface area (Å²) in [6, 6.07) is 17.5. The van der Waals surface area contributed by atoms with Gasteiger partial charge in [0.15, 0.2) is 0 Å². The molecule has 36 heavy (non-hydrogen) atoms. The lowest BCUT2D eigenvalue weighted by atomic mass is 10.0. The molecule has 1 fully saturated rings. The van der Waals surface area contributed by atoms with Crippen LogP contribution in [0.4, 0.5) is 11.4 Å². The van der Waals surface area contributed by atoms with Gasteiger partial charge in [-0.25, -0.2) is 0 Å². The molecule has 9 heteroatoms. The van der Waals surface area contributed by atoms with Crippen molar-refractivity contribution in [3.63, 3.8) is 0 Å². The Balaban J connectivity index is 1.41. The first-order chi connectivity index (χ1) is 17.4. The van der Waals surface area contributed by atoms with Gasteiger partial charge in [0, 0.05) is 47.0 Å². The molecule has 3 aromatic carbocycles. The number of nitrogens with zero attached hydrogens (tertiary/aromatic N) is 1. The van der Waals surface area contributed by atoms with E-state index < -0.39 is 8.25 Å². The molecule has 190 valence electrons. The Morgan fingerprint density at radius 2 is 1.92 bits per heavy atom. The lowest BCUT2D eigenvalue weighted by molar-refractivity contribution is 0.102. The van der Waals surface area contributed by atoms with Crippen LogP contribution in [0.2, 0.25) is 0 Å². The van der Waals surface area contributed by atoms with Gasteiger partial charge in [-0.15, -0.1) is 9.42 Å². The smallest absolute Gasteiger partial charge is 0.497 e. The van der Waals surface area contributed by atoms with E-state index in [1.807, 2.05) is 54.6 Å². The molecular formula is C27H33N3O5P+. The van der Waals surface area contributed by atoms with Crippen molar-refractivity contribution in [1.82, 2.24) is 5.32 Å². The first-order valence-electron chi connectivity index (χ1n) is 12.2. The zero-order chi connectivity index (χ0) is 25.5. The Morgan fingerprint density at radius 1 is 1.14 bits per heavy atom. The Kier molecular flexibility index (Phi) is 8.88. The SMILES string of the molecule is COc1ccc2cc(C(=O)Nc3ccc(CNCCCO[P+](=O)O)cc3)cc(N(C)CC3CC3)c2c1. The van der Waals surface area contributed by atoms with Crippen LogP contribution in [0.1, 0.15) is 35.2 Å². The average molecular weight is 511 g/mol. The van der Waals surface area contributed by atoms with Crippen molar-refractivity contribution in [1.29, 1.82) is 0 Å². The van der Waals surface area contributed by atoms with Crippen LogP contribution < -0.4 is 20.3 Å². The first kappa shape index (κ1) is 26.0. The summed E-state index contributed by atoms with van der Waals surface area (Å²) in [7, 11) is 1.22. The predicted molar refractivity (Wildman–Crippen MR) is 143 cm³/mol. The topological polar surface area (TPSA) is 100 Å². The number of hydrogen-bond acceptors (Lipinski definition) is 6. The molecule has 0 radical (unpaired) electrons. The summed E-state index contributed by atoms with van der Waals surface area (Å²) in [5, 5.41) is 8.35. The minimum Gasteiger partial charge on any atom is -0.497 e. The third-order valence-corrected chi connectivity index (χ3v) is 6.69. The van der Waals surface area contributed by atoms with Gasteiger partial charge in [0.2, 0.25) is 0 Å². The molecule has 8 nitrogen and oxygen atoms in total. The van der Waals surface area contributed by atoms with Gasteiger partial charge in [-0.05, 0) is 79.1 Å². The van der Waals surface area contributed by atoms with E-state index >= 15 is 0 Å².